The molecule has 1 atom stereocenters. The summed E-state index contributed by atoms with van der Waals surface area (Å²) in [5.41, 5.74) is 4.75. The number of ether oxygens (including phenoxy) is 1. The first-order valence-corrected chi connectivity index (χ1v) is 10.2. The molecule has 2 rings (SSSR count). The van der Waals surface area contributed by atoms with Crippen LogP contribution in [0.2, 0.25) is 0 Å². The van der Waals surface area contributed by atoms with E-state index in [-0.39, 0.29) is 17.5 Å². The van der Waals surface area contributed by atoms with Crippen LogP contribution in [0.1, 0.15) is 33.3 Å². The van der Waals surface area contributed by atoms with Crippen molar-refractivity contribution < 1.29 is 13.9 Å². The molecule has 30 heavy (non-hydrogen) atoms. The standard InChI is InChI=1S/C26H32FNO2/c1-7-28(16-20(4)21(5)22(6)29)15-18(2)17-30-25-12-9-23(10-13-25)26-14-24(27)11-8-19(26)3/h7-14,18H,1,15-17H2,2-6H3/b21-20+. The third-order valence-electron chi connectivity index (χ3n) is 5.31. The Balaban J connectivity index is 1.93. The first kappa shape index (κ1) is 23.4. The minimum absolute atomic E-state index is 0.102. The average Bonchev–Trinajstić information content (AvgIpc) is 2.73. The highest BCUT2D eigenvalue weighted by molar-refractivity contribution is 5.93. The number of halogens is 1. The van der Waals surface area contributed by atoms with Crippen LogP contribution >= 0.6 is 0 Å². The SMILES string of the molecule is C=CN(C/C(C)=C(\C)C(C)=O)CC(C)COc1ccc(-c2cc(F)ccc2C)cc1. The molecule has 0 saturated heterocycles. The lowest BCUT2D eigenvalue weighted by Gasteiger charge is -2.25. The van der Waals surface area contributed by atoms with Gasteiger partial charge in [0.15, 0.2) is 5.78 Å². The van der Waals surface area contributed by atoms with Gasteiger partial charge in [-0.2, -0.15) is 0 Å². The molecule has 3 nitrogen and oxygen atoms in total. The van der Waals surface area contributed by atoms with Crippen molar-refractivity contribution in [1.29, 1.82) is 0 Å². The molecule has 0 aliphatic rings. The fourth-order valence-electron chi connectivity index (χ4n) is 3.25. The van der Waals surface area contributed by atoms with Crippen molar-refractivity contribution in [3.05, 3.63) is 77.8 Å². The van der Waals surface area contributed by atoms with E-state index >= 15 is 0 Å². The number of carbonyl (C=O) groups is 1. The van der Waals surface area contributed by atoms with E-state index in [9.17, 15) is 9.18 Å². The maximum absolute atomic E-state index is 13.6. The summed E-state index contributed by atoms with van der Waals surface area (Å²) in [6, 6.07) is 12.6. The number of ketones is 1. The van der Waals surface area contributed by atoms with Crippen LogP contribution in [0.4, 0.5) is 4.39 Å². The zero-order valence-electron chi connectivity index (χ0n) is 18.7. The smallest absolute Gasteiger partial charge is 0.155 e. The van der Waals surface area contributed by atoms with Gasteiger partial charge in [-0.25, -0.2) is 4.39 Å². The summed E-state index contributed by atoms with van der Waals surface area (Å²) >= 11 is 0. The van der Waals surface area contributed by atoms with Crippen molar-refractivity contribution >= 4 is 5.78 Å². The van der Waals surface area contributed by atoms with E-state index in [1.807, 2.05) is 51.2 Å². The molecule has 2 aromatic carbocycles. The van der Waals surface area contributed by atoms with E-state index in [1.165, 1.54) is 6.07 Å². The molecule has 2 aromatic rings. The van der Waals surface area contributed by atoms with Crippen molar-refractivity contribution in [2.45, 2.75) is 34.6 Å². The molecule has 0 aliphatic heterocycles. The summed E-state index contributed by atoms with van der Waals surface area (Å²) in [6.07, 6.45) is 1.81. The minimum Gasteiger partial charge on any atom is -0.493 e. The molecule has 0 fully saturated rings. The Hall–Kier alpha value is -2.88. The lowest BCUT2D eigenvalue weighted by atomic mass is 10.0. The molecule has 0 saturated carbocycles. The number of aryl methyl sites for hydroxylation is 1. The van der Waals surface area contributed by atoms with Gasteiger partial charge in [0.05, 0.1) is 6.61 Å². The van der Waals surface area contributed by atoms with Crippen molar-refractivity contribution in [1.82, 2.24) is 4.90 Å². The van der Waals surface area contributed by atoms with Gasteiger partial charge in [-0.1, -0.05) is 31.7 Å². The Morgan fingerprint density at radius 3 is 2.43 bits per heavy atom. The number of Topliss-reactive ketones (excluding diaryl/α,β-unsaturated/α-hetero) is 1. The Bertz CT molecular complexity index is 915. The van der Waals surface area contributed by atoms with Gasteiger partial charge in [-0.15, -0.1) is 0 Å². The van der Waals surface area contributed by atoms with Crippen LogP contribution in [0.25, 0.3) is 11.1 Å². The van der Waals surface area contributed by atoms with Gasteiger partial charge in [0.25, 0.3) is 0 Å². The summed E-state index contributed by atoms with van der Waals surface area (Å²) in [6.45, 7) is 15.5. The molecular formula is C26H32FNO2. The summed E-state index contributed by atoms with van der Waals surface area (Å²) < 4.78 is 19.5. The Labute approximate surface area is 179 Å². The Kier molecular flexibility index (Phi) is 8.40. The van der Waals surface area contributed by atoms with Crippen LogP contribution < -0.4 is 4.74 Å². The molecule has 0 N–H and O–H groups in total. The molecule has 0 amide bonds. The van der Waals surface area contributed by atoms with Crippen molar-refractivity contribution in [2.24, 2.45) is 5.92 Å². The highest BCUT2D eigenvalue weighted by Crippen LogP contribution is 2.26. The summed E-state index contributed by atoms with van der Waals surface area (Å²) in [5.74, 6) is 0.928. The van der Waals surface area contributed by atoms with Gasteiger partial charge in [-0.05, 0) is 86.0 Å². The molecule has 0 spiro atoms. The molecule has 0 heterocycles. The zero-order chi connectivity index (χ0) is 22.3. The highest BCUT2D eigenvalue weighted by atomic mass is 19.1. The second-order valence-electron chi connectivity index (χ2n) is 7.97. The minimum atomic E-state index is -0.236. The number of rotatable bonds is 10. The van der Waals surface area contributed by atoms with Crippen molar-refractivity contribution in [2.75, 3.05) is 19.7 Å². The molecule has 4 heteroatoms. The fraction of sp³-hybridized carbons (Fsp3) is 0.346. The van der Waals surface area contributed by atoms with E-state index < -0.39 is 0 Å². The number of carbonyl (C=O) groups excluding carboxylic acids is 1. The summed E-state index contributed by atoms with van der Waals surface area (Å²) in [5, 5.41) is 0. The second-order valence-corrected chi connectivity index (χ2v) is 7.97. The highest BCUT2D eigenvalue weighted by Gasteiger charge is 2.11. The molecule has 0 aromatic heterocycles. The van der Waals surface area contributed by atoms with Gasteiger partial charge in [0, 0.05) is 19.0 Å². The maximum atomic E-state index is 13.6. The van der Waals surface area contributed by atoms with E-state index in [0.717, 1.165) is 40.1 Å². The Morgan fingerprint density at radius 1 is 1.17 bits per heavy atom. The van der Waals surface area contributed by atoms with Gasteiger partial charge in [0.2, 0.25) is 0 Å². The largest absolute Gasteiger partial charge is 0.493 e. The van der Waals surface area contributed by atoms with Crippen LogP contribution in [0, 0.1) is 18.7 Å². The first-order chi connectivity index (χ1) is 14.2. The predicted molar refractivity (Wildman–Crippen MR) is 122 cm³/mol. The third kappa shape index (κ3) is 6.58. The van der Waals surface area contributed by atoms with Crippen LogP contribution in [0.5, 0.6) is 5.75 Å². The van der Waals surface area contributed by atoms with Crippen LogP contribution in [0.15, 0.2) is 66.4 Å². The lowest BCUT2D eigenvalue weighted by Crippen LogP contribution is -2.28. The van der Waals surface area contributed by atoms with Crippen LogP contribution in [0.3, 0.4) is 0 Å². The van der Waals surface area contributed by atoms with E-state index in [0.29, 0.717) is 13.2 Å². The van der Waals surface area contributed by atoms with Gasteiger partial charge in [0.1, 0.15) is 11.6 Å². The molecule has 160 valence electrons. The Morgan fingerprint density at radius 2 is 1.83 bits per heavy atom. The molecule has 0 radical (unpaired) electrons. The van der Waals surface area contributed by atoms with Crippen LogP contribution in [-0.4, -0.2) is 30.4 Å². The zero-order valence-corrected chi connectivity index (χ0v) is 18.7. The summed E-state index contributed by atoms with van der Waals surface area (Å²) in [7, 11) is 0. The van der Waals surface area contributed by atoms with Crippen molar-refractivity contribution in [3.63, 3.8) is 0 Å². The molecule has 1 unspecified atom stereocenters. The number of hydrogen-bond acceptors (Lipinski definition) is 3. The number of hydrogen-bond donors (Lipinski definition) is 0. The van der Waals surface area contributed by atoms with Gasteiger partial charge < -0.3 is 9.64 Å². The molecular weight excluding hydrogens is 377 g/mol. The first-order valence-electron chi connectivity index (χ1n) is 10.2. The van der Waals surface area contributed by atoms with E-state index in [2.05, 4.69) is 18.4 Å². The normalized spacial score (nSPS) is 12.7. The second kappa shape index (κ2) is 10.8. The summed E-state index contributed by atoms with van der Waals surface area (Å²) in [4.78, 5) is 13.6. The number of benzene rings is 2. The van der Waals surface area contributed by atoms with Gasteiger partial charge in [-0.3, -0.25) is 4.79 Å². The van der Waals surface area contributed by atoms with Gasteiger partial charge >= 0.3 is 0 Å². The average molecular weight is 410 g/mol. The van der Waals surface area contributed by atoms with Crippen LogP contribution in [-0.2, 0) is 4.79 Å². The quantitative estimate of drug-likeness (QED) is 0.438. The molecule has 0 bridgehead atoms. The molecule has 0 aliphatic carbocycles. The topological polar surface area (TPSA) is 29.5 Å². The third-order valence-corrected chi connectivity index (χ3v) is 5.31. The lowest BCUT2D eigenvalue weighted by molar-refractivity contribution is -0.113. The van der Waals surface area contributed by atoms with E-state index in [4.69, 9.17) is 4.74 Å². The maximum Gasteiger partial charge on any atom is 0.155 e. The monoisotopic (exact) mass is 409 g/mol. The fourth-order valence-corrected chi connectivity index (χ4v) is 3.25. The number of nitrogens with zero attached hydrogens (tertiary/aromatic N) is 1. The van der Waals surface area contributed by atoms with Crippen molar-refractivity contribution in [3.8, 4) is 16.9 Å². The van der Waals surface area contributed by atoms with E-state index in [1.54, 1.807) is 19.1 Å². The predicted octanol–water partition coefficient (Wildman–Crippen LogP) is 6.19. The number of allylic oxidation sites excluding steroid dienone is 1.